The van der Waals surface area contributed by atoms with Gasteiger partial charge in [0.15, 0.2) is 5.76 Å². The lowest BCUT2D eigenvalue weighted by atomic mass is 10.1. The maximum atomic E-state index is 12.4. The van der Waals surface area contributed by atoms with Gasteiger partial charge in [0, 0.05) is 0 Å². The van der Waals surface area contributed by atoms with E-state index in [0.29, 0.717) is 11.3 Å². The minimum atomic E-state index is -3.80. The van der Waals surface area contributed by atoms with Crippen LogP contribution in [0.15, 0.2) is 39.8 Å². The minimum absolute atomic E-state index is 0.0203. The van der Waals surface area contributed by atoms with Crippen LogP contribution in [0, 0.1) is 13.8 Å². The highest BCUT2D eigenvalue weighted by molar-refractivity contribution is 7.89. The van der Waals surface area contributed by atoms with Crippen molar-refractivity contribution in [3.8, 4) is 0 Å². The molecule has 0 aliphatic carbocycles. The zero-order valence-corrected chi connectivity index (χ0v) is 12.0. The van der Waals surface area contributed by atoms with Gasteiger partial charge in [-0.25, -0.2) is 13.1 Å². The first-order chi connectivity index (χ1) is 9.45. The summed E-state index contributed by atoms with van der Waals surface area (Å²) in [6.07, 6.45) is 0. The second-order valence-corrected chi connectivity index (χ2v) is 6.07. The van der Waals surface area contributed by atoms with Crippen LogP contribution in [-0.4, -0.2) is 25.3 Å². The molecule has 1 heterocycles. The molecule has 0 radical (unpaired) electrons. The van der Waals surface area contributed by atoms with Crippen molar-refractivity contribution in [3.05, 3.63) is 47.3 Å². The zero-order valence-electron chi connectivity index (χ0n) is 11.2. The Labute approximate surface area is 117 Å². The normalized spacial score (nSPS) is 13.3. The van der Waals surface area contributed by atoms with Crippen molar-refractivity contribution >= 4 is 10.0 Å². The first-order valence-corrected chi connectivity index (χ1v) is 7.55. The van der Waals surface area contributed by atoms with Crippen molar-refractivity contribution in [1.82, 2.24) is 9.88 Å². The van der Waals surface area contributed by atoms with Gasteiger partial charge in [-0.2, -0.15) is 0 Å². The number of rotatable bonds is 5. The van der Waals surface area contributed by atoms with E-state index >= 15 is 0 Å². The summed E-state index contributed by atoms with van der Waals surface area (Å²) in [6, 6.07) is 8.16. The Morgan fingerprint density at radius 2 is 1.95 bits per heavy atom. The molecule has 0 unspecified atom stereocenters. The lowest BCUT2D eigenvalue weighted by Crippen LogP contribution is -2.31. The fourth-order valence-electron chi connectivity index (χ4n) is 2.00. The first-order valence-electron chi connectivity index (χ1n) is 6.06. The van der Waals surface area contributed by atoms with Crippen molar-refractivity contribution < 1.29 is 18.0 Å². The zero-order chi connectivity index (χ0) is 14.8. The Bertz CT molecular complexity index is 660. The summed E-state index contributed by atoms with van der Waals surface area (Å²) in [7, 11) is -3.80. The maximum absolute atomic E-state index is 12.4. The fourth-order valence-corrected chi connectivity index (χ4v) is 3.55. The molecule has 0 aliphatic rings. The summed E-state index contributed by atoms with van der Waals surface area (Å²) in [4.78, 5) is 0.0203. The third-order valence-corrected chi connectivity index (χ3v) is 4.63. The molecule has 7 heteroatoms. The summed E-state index contributed by atoms with van der Waals surface area (Å²) < 4.78 is 32.0. The molecule has 6 nitrogen and oxygen atoms in total. The van der Waals surface area contributed by atoms with Crippen LogP contribution in [0.5, 0.6) is 0 Å². The number of sulfonamides is 1. The molecule has 0 saturated heterocycles. The van der Waals surface area contributed by atoms with Gasteiger partial charge in [0.25, 0.3) is 0 Å². The largest absolute Gasteiger partial charge is 0.394 e. The van der Waals surface area contributed by atoms with E-state index in [9.17, 15) is 13.5 Å². The third-order valence-electron chi connectivity index (χ3n) is 2.92. The van der Waals surface area contributed by atoms with Crippen LogP contribution in [0.1, 0.15) is 23.1 Å². The fraction of sp³-hybridized carbons (Fsp3) is 0.308. The van der Waals surface area contributed by atoms with E-state index < -0.39 is 16.1 Å². The van der Waals surface area contributed by atoms with Crippen LogP contribution in [0.25, 0.3) is 0 Å². The Kier molecular flexibility index (Phi) is 4.22. The number of nitrogens with zero attached hydrogens (tertiary/aromatic N) is 1. The number of aliphatic hydroxyl groups excluding tert-OH is 1. The van der Waals surface area contributed by atoms with E-state index in [1.54, 1.807) is 31.2 Å². The van der Waals surface area contributed by atoms with Crippen LogP contribution in [0.3, 0.4) is 0 Å². The number of aliphatic hydroxyl groups is 1. The second-order valence-electron chi connectivity index (χ2n) is 4.42. The van der Waals surface area contributed by atoms with Gasteiger partial charge >= 0.3 is 0 Å². The summed E-state index contributed by atoms with van der Waals surface area (Å²) in [5, 5.41) is 13.0. The summed E-state index contributed by atoms with van der Waals surface area (Å²) in [6.45, 7) is 2.75. The topological polar surface area (TPSA) is 92.4 Å². The van der Waals surface area contributed by atoms with E-state index in [2.05, 4.69) is 9.88 Å². The second kappa shape index (κ2) is 5.74. The molecule has 1 atom stereocenters. The quantitative estimate of drug-likeness (QED) is 0.867. The van der Waals surface area contributed by atoms with Gasteiger partial charge in [-0.05, 0) is 19.4 Å². The van der Waals surface area contributed by atoms with Gasteiger partial charge in [0.05, 0.1) is 12.6 Å². The highest BCUT2D eigenvalue weighted by Crippen LogP contribution is 2.22. The minimum Gasteiger partial charge on any atom is -0.394 e. The molecule has 0 saturated carbocycles. The molecular formula is C13H16N2O4S. The number of hydrogen-bond acceptors (Lipinski definition) is 5. The van der Waals surface area contributed by atoms with Crippen LogP contribution < -0.4 is 4.72 Å². The molecule has 0 fully saturated rings. The average Bonchev–Trinajstić information content (AvgIpc) is 2.77. The van der Waals surface area contributed by atoms with Crippen LogP contribution in [0.4, 0.5) is 0 Å². The Hall–Kier alpha value is -1.70. The van der Waals surface area contributed by atoms with E-state index in [1.165, 1.54) is 6.92 Å². The summed E-state index contributed by atoms with van der Waals surface area (Å²) in [5.41, 5.74) is 0.977. The van der Waals surface area contributed by atoms with Crippen LogP contribution in [0.2, 0.25) is 0 Å². The lowest BCUT2D eigenvalue weighted by Gasteiger charge is -2.16. The molecular weight excluding hydrogens is 280 g/mol. The van der Waals surface area contributed by atoms with Gasteiger partial charge < -0.3 is 9.63 Å². The number of nitrogens with one attached hydrogen (secondary N) is 1. The van der Waals surface area contributed by atoms with Crippen molar-refractivity contribution in [2.45, 2.75) is 24.8 Å². The Morgan fingerprint density at radius 1 is 1.30 bits per heavy atom. The molecule has 2 aromatic rings. The first kappa shape index (κ1) is 14.7. The van der Waals surface area contributed by atoms with Crippen LogP contribution in [-0.2, 0) is 10.0 Å². The van der Waals surface area contributed by atoms with E-state index in [1.807, 2.05) is 6.07 Å². The van der Waals surface area contributed by atoms with E-state index in [4.69, 9.17) is 4.52 Å². The predicted molar refractivity (Wildman–Crippen MR) is 72.6 cm³/mol. The van der Waals surface area contributed by atoms with E-state index in [-0.39, 0.29) is 17.3 Å². The number of hydrogen-bond donors (Lipinski definition) is 2. The predicted octanol–water partition coefficient (Wildman–Crippen LogP) is 1.30. The molecule has 2 N–H and O–H groups in total. The standard InChI is InChI=1S/C13H16N2O4S/c1-9-13(10(2)19-14-9)20(17,18)15-12(8-16)11-6-4-3-5-7-11/h3-7,12,15-16H,8H2,1-2H3/t12-/m1/s1. The van der Waals surface area contributed by atoms with Gasteiger partial charge in [-0.1, -0.05) is 35.5 Å². The molecule has 0 bridgehead atoms. The van der Waals surface area contributed by atoms with Crippen molar-refractivity contribution in [1.29, 1.82) is 0 Å². The van der Waals surface area contributed by atoms with Crippen molar-refractivity contribution in [2.75, 3.05) is 6.61 Å². The average molecular weight is 296 g/mol. The SMILES string of the molecule is Cc1noc(C)c1S(=O)(=O)N[C@H](CO)c1ccccc1. The number of aromatic nitrogens is 1. The highest BCUT2D eigenvalue weighted by Gasteiger charge is 2.27. The third kappa shape index (κ3) is 2.90. The molecule has 0 aliphatic heterocycles. The molecule has 108 valence electrons. The molecule has 2 rings (SSSR count). The van der Waals surface area contributed by atoms with Gasteiger partial charge in [-0.15, -0.1) is 0 Å². The monoisotopic (exact) mass is 296 g/mol. The summed E-state index contributed by atoms with van der Waals surface area (Å²) >= 11 is 0. The highest BCUT2D eigenvalue weighted by atomic mass is 32.2. The lowest BCUT2D eigenvalue weighted by molar-refractivity contribution is 0.259. The molecule has 1 aromatic carbocycles. The number of benzene rings is 1. The van der Waals surface area contributed by atoms with Crippen molar-refractivity contribution in [3.63, 3.8) is 0 Å². The van der Waals surface area contributed by atoms with Crippen molar-refractivity contribution in [2.24, 2.45) is 0 Å². The van der Waals surface area contributed by atoms with Gasteiger partial charge in [0.1, 0.15) is 10.6 Å². The molecule has 0 spiro atoms. The number of aryl methyl sites for hydroxylation is 2. The van der Waals surface area contributed by atoms with Crippen LogP contribution >= 0.6 is 0 Å². The van der Waals surface area contributed by atoms with Gasteiger partial charge in [0.2, 0.25) is 10.0 Å². The van der Waals surface area contributed by atoms with Gasteiger partial charge in [-0.3, -0.25) is 0 Å². The Balaban J connectivity index is 2.32. The Morgan fingerprint density at radius 3 is 2.45 bits per heavy atom. The summed E-state index contributed by atoms with van der Waals surface area (Å²) in [5.74, 6) is 0.222. The molecule has 1 aromatic heterocycles. The smallest absolute Gasteiger partial charge is 0.246 e. The molecule has 20 heavy (non-hydrogen) atoms. The maximum Gasteiger partial charge on any atom is 0.246 e. The van der Waals surface area contributed by atoms with E-state index in [0.717, 1.165) is 0 Å². The molecule has 0 amide bonds.